The molecule has 0 N–H and O–H groups in total. The van der Waals surface area contributed by atoms with Gasteiger partial charge in [0.2, 0.25) is 11.9 Å². The van der Waals surface area contributed by atoms with Gasteiger partial charge in [-0.3, -0.25) is 14.6 Å². The van der Waals surface area contributed by atoms with E-state index in [1.807, 2.05) is 43.6 Å². The van der Waals surface area contributed by atoms with Gasteiger partial charge >= 0.3 is 12.0 Å². The molecule has 8 nitrogen and oxygen atoms in total. The third-order valence-corrected chi connectivity index (χ3v) is 4.35. The van der Waals surface area contributed by atoms with Gasteiger partial charge < -0.3 is 0 Å². The normalized spacial score (nSPS) is 23.7. The predicted octanol–water partition coefficient (Wildman–Crippen LogP) is 0.873. The molecule has 1 atom stereocenters. The van der Waals surface area contributed by atoms with Crippen molar-refractivity contribution in [2.75, 3.05) is 26.7 Å². The van der Waals surface area contributed by atoms with Crippen molar-refractivity contribution in [3.05, 3.63) is 24.3 Å². The first kappa shape index (κ1) is 17.1. The minimum absolute atomic E-state index is 0.240. The molecule has 0 bridgehead atoms. The number of carbonyl (C=O) groups excluding carboxylic acids is 2. The number of guanidine groups is 1. The molecule has 0 radical (unpaired) electrons. The first-order chi connectivity index (χ1) is 12.0. The molecular weight excluding hydrogens is 320 g/mol. The van der Waals surface area contributed by atoms with Gasteiger partial charge in [-0.2, -0.15) is 0 Å². The highest BCUT2D eigenvalue weighted by Crippen LogP contribution is 2.22. The SMILES string of the molecule is C/C=C/CN1N=C(C)C[N+]2=C1N=C1C2C(=O)N(C/C=C/C)C(=O)N1C. The third kappa shape index (κ3) is 2.77. The van der Waals surface area contributed by atoms with Gasteiger partial charge in [0.15, 0.2) is 0 Å². The summed E-state index contributed by atoms with van der Waals surface area (Å²) in [6.07, 6.45) is 7.54. The van der Waals surface area contributed by atoms with Crippen molar-refractivity contribution in [1.29, 1.82) is 0 Å². The lowest BCUT2D eigenvalue weighted by atomic mass is 10.1. The van der Waals surface area contributed by atoms with E-state index in [1.165, 1.54) is 9.80 Å². The highest BCUT2D eigenvalue weighted by Gasteiger charge is 2.54. The van der Waals surface area contributed by atoms with Gasteiger partial charge in [-0.25, -0.2) is 9.37 Å². The molecule has 0 spiro atoms. The van der Waals surface area contributed by atoms with Crippen molar-refractivity contribution in [1.82, 2.24) is 14.8 Å². The monoisotopic (exact) mass is 343 g/mol. The summed E-state index contributed by atoms with van der Waals surface area (Å²) in [5.41, 5.74) is 0.900. The highest BCUT2D eigenvalue weighted by atomic mass is 16.2. The second kappa shape index (κ2) is 6.62. The van der Waals surface area contributed by atoms with Crippen LogP contribution in [-0.2, 0) is 4.79 Å². The number of likely N-dealkylation sites (N-methyl/N-ethyl adjacent to an activating group) is 1. The van der Waals surface area contributed by atoms with E-state index in [2.05, 4.69) is 10.1 Å². The molecule has 0 aromatic rings. The summed E-state index contributed by atoms with van der Waals surface area (Å²) in [4.78, 5) is 32.8. The maximum atomic E-state index is 13.0. The van der Waals surface area contributed by atoms with Crippen molar-refractivity contribution < 1.29 is 14.2 Å². The van der Waals surface area contributed by atoms with Crippen LogP contribution in [0.15, 0.2) is 34.4 Å². The van der Waals surface area contributed by atoms with Gasteiger partial charge in [0.25, 0.3) is 5.91 Å². The molecule has 25 heavy (non-hydrogen) atoms. The van der Waals surface area contributed by atoms with E-state index in [4.69, 9.17) is 0 Å². The van der Waals surface area contributed by atoms with Crippen LogP contribution in [0.1, 0.15) is 20.8 Å². The van der Waals surface area contributed by atoms with E-state index in [-0.39, 0.29) is 18.5 Å². The van der Waals surface area contributed by atoms with E-state index in [0.717, 1.165) is 5.71 Å². The first-order valence-corrected chi connectivity index (χ1v) is 8.34. The lowest BCUT2D eigenvalue weighted by molar-refractivity contribution is -0.527. The van der Waals surface area contributed by atoms with Crippen LogP contribution < -0.4 is 0 Å². The largest absolute Gasteiger partial charge is 0.417 e. The fourth-order valence-corrected chi connectivity index (χ4v) is 3.11. The van der Waals surface area contributed by atoms with Gasteiger partial charge in [-0.1, -0.05) is 29.3 Å². The zero-order chi connectivity index (χ0) is 18.1. The van der Waals surface area contributed by atoms with Crippen molar-refractivity contribution in [3.8, 4) is 0 Å². The number of allylic oxidation sites excluding steroid dienone is 2. The number of amidine groups is 1. The molecule has 0 aromatic carbocycles. The lowest BCUT2D eigenvalue weighted by Gasteiger charge is -2.33. The standard InChI is InChI=1S/C17H23N6O2/c1-5-7-9-21-15(24)13-14(20(4)17(21)25)18-16-22(13)11-12(3)19-23(16)10-8-6-2/h5-8,13H,9-11H2,1-4H3/q+1/b7-5+,8-6+. The topological polar surface area (TPSA) is 71.6 Å². The van der Waals surface area contributed by atoms with Crippen LogP contribution in [0.2, 0.25) is 0 Å². The van der Waals surface area contributed by atoms with E-state index in [9.17, 15) is 9.59 Å². The number of carbonyl (C=O) groups is 2. The predicted molar refractivity (Wildman–Crippen MR) is 95.7 cm³/mol. The quantitative estimate of drug-likeness (QED) is 0.562. The third-order valence-electron chi connectivity index (χ3n) is 4.35. The van der Waals surface area contributed by atoms with Gasteiger partial charge in [-0.05, 0) is 20.8 Å². The summed E-state index contributed by atoms with van der Waals surface area (Å²) < 4.78 is 1.93. The molecule has 1 fully saturated rings. The van der Waals surface area contributed by atoms with Crippen LogP contribution >= 0.6 is 0 Å². The number of fused-ring (bicyclic) bond motifs is 2. The second-order valence-electron chi connectivity index (χ2n) is 6.15. The molecule has 3 aliphatic heterocycles. The van der Waals surface area contributed by atoms with Crippen molar-refractivity contribution in [3.63, 3.8) is 0 Å². The van der Waals surface area contributed by atoms with Crippen molar-refractivity contribution in [2.24, 2.45) is 10.1 Å². The number of nitrogens with zero attached hydrogens (tertiary/aromatic N) is 6. The van der Waals surface area contributed by atoms with Crippen molar-refractivity contribution in [2.45, 2.75) is 26.8 Å². The molecule has 3 aliphatic rings. The molecule has 8 heteroatoms. The van der Waals surface area contributed by atoms with E-state index < -0.39 is 6.04 Å². The number of rotatable bonds is 4. The Balaban J connectivity index is 1.99. The highest BCUT2D eigenvalue weighted by molar-refractivity contribution is 6.23. The Morgan fingerprint density at radius 1 is 1.20 bits per heavy atom. The Bertz CT molecular complexity index is 761. The number of hydrazone groups is 1. The summed E-state index contributed by atoms with van der Waals surface area (Å²) >= 11 is 0. The number of urea groups is 1. The number of imide groups is 1. The van der Waals surface area contributed by atoms with Crippen LogP contribution in [0.5, 0.6) is 0 Å². The molecular formula is C17H23N6O2+. The molecule has 3 heterocycles. The average Bonchev–Trinajstić information content (AvgIpc) is 2.97. The minimum Gasteiger partial charge on any atom is -0.270 e. The minimum atomic E-state index is -0.582. The average molecular weight is 343 g/mol. The molecule has 0 saturated carbocycles. The smallest absolute Gasteiger partial charge is 0.270 e. The fourth-order valence-electron chi connectivity index (χ4n) is 3.11. The summed E-state index contributed by atoms with van der Waals surface area (Å²) in [5.74, 6) is 0.845. The van der Waals surface area contributed by atoms with Gasteiger partial charge in [-0.15, -0.1) is 10.1 Å². The van der Waals surface area contributed by atoms with Crippen molar-refractivity contribution >= 4 is 29.4 Å². The van der Waals surface area contributed by atoms with Gasteiger partial charge in [0.05, 0.1) is 5.71 Å². The van der Waals surface area contributed by atoms with Gasteiger partial charge in [0, 0.05) is 13.6 Å². The van der Waals surface area contributed by atoms with E-state index in [0.29, 0.717) is 24.9 Å². The summed E-state index contributed by atoms with van der Waals surface area (Å²) in [6, 6.07) is -0.933. The summed E-state index contributed by atoms with van der Waals surface area (Å²) in [5, 5.41) is 6.30. The molecule has 0 aliphatic carbocycles. The zero-order valence-corrected chi connectivity index (χ0v) is 15.0. The number of hydrogen-bond acceptors (Lipinski definition) is 5. The maximum absolute atomic E-state index is 13.0. The Morgan fingerprint density at radius 2 is 1.88 bits per heavy atom. The van der Waals surface area contributed by atoms with Gasteiger partial charge in [0.1, 0.15) is 13.1 Å². The van der Waals surface area contributed by atoms with Crippen LogP contribution in [0.3, 0.4) is 0 Å². The molecule has 0 aromatic heterocycles. The Kier molecular flexibility index (Phi) is 4.52. The number of aliphatic imine (C=N–C) groups is 1. The van der Waals surface area contributed by atoms with E-state index >= 15 is 0 Å². The molecule has 3 amide bonds. The number of hydrogen-bond donors (Lipinski definition) is 0. The first-order valence-electron chi connectivity index (χ1n) is 8.34. The zero-order valence-electron chi connectivity index (χ0n) is 15.0. The summed E-state index contributed by atoms with van der Waals surface area (Å²) in [7, 11) is 1.66. The molecule has 132 valence electrons. The molecule has 1 saturated heterocycles. The fraction of sp³-hybridized carbons (Fsp3) is 0.471. The molecule has 1 unspecified atom stereocenters. The lowest BCUT2D eigenvalue weighted by Crippen LogP contribution is -2.63. The second-order valence-corrected chi connectivity index (χ2v) is 6.15. The number of amides is 3. The van der Waals surface area contributed by atoms with Crippen LogP contribution in [0, 0.1) is 0 Å². The maximum Gasteiger partial charge on any atom is 0.417 e. The Morgan fingerprint density at radius 3 is 2.56 bits per heavy atom. The molecule has 3 rings (SSSR count). The van der Waals surface area contributed by atoms with Crippen LogP contribution in [0.4, 0.5) is 4.79 Å². The summed E-state index contributed by atoms with van der Waals surface area (Å²) in [6.45, 7) is 7.08. The van der Waals surface area contributed by atoms with Crippen LogP contribution in [0.25, 0.3) is 0 Å². The Hall–Kier alpha value is -2.77. The van der Waals surface area contributed by atoms with E-state index in [1.54, 1.807) is 18.1 Å². The van der Waals surface area contributed by atoms with Crippen LogP contribution in [-0.4, -0.2) is 81.6 Å². The Labute approximate surface area is 147 Å².